The molecule has 1 amide bonds. The molecular formula is C20H26ClF3N6O3S. The van der Waals surface area contributed by atoms with E-state index in [9.17, 15) is 26.4 Å². The molecule has 34 heavy (non-hydrogen) atoms. The van der Waals surface area contributed by atoms with E-state index in [0.29, 0.717) is 17.9 Å². The van der Waals surface area contributed by atoms with Gasteiger partial charge in [-0.3, -0.25) is 14.2 Å². The molecule has 4 rings (SSSR count). The summed E-state index contributed by atoms with van der Waals surface area (Å²) < 4.78 is 69.8. The van der Waals surface area contributed by atoms with E-state index in [1.165, 1.54) is 20.1 Å². The van der Waals surface area contributed by atoms with Crippen molar-refractivity contribution in [3.05, 3.63) is 28.3 Å². The summed E-state index contributed by atoms with van der Waals surface area (Å²) in [6.07, 6.45) is -1.73. The van der Waals surface area contributed by atoms with Gasteiger partial charge in [0.25, 0.3) is 0 Å². The van der Waals surface area contributed by atoms with Gasteiger partial charge in [-0.2, -0.15) is 27.7 Å². The van der Waals surface area contributed by atoms with E-state index in [4.69, 9.17) is 11.6 Å². The number of piperazine rings is 1. The molecule has 0 aromatic carbocycles. The summed E-state index contributed by atoms with van der Waals surface area (Å²) in [5, 5.41) is 7.45. The Morgan fingerprint density at radius 1 is 1.18 bits per heavy atom. The van der Waals surface area contributed by atoms with Crippen molar-refractivity contribution in [2.75, 3.05) is 26.2 Å². The van der Waals surface area contributed by atoms with Crippen molar-refractivity contribution >= 4 is 27.5 Å². The summed E-state index contributed by atoms with van der Waals surface area (Å²) in [7, 11) is -3.73. The topological polar surface area (TPSA) is 93.3 Å². The summed E-state index contributed by atoms with van der Waals surface area (Å²) in [5.41, 5.74) is -0.368. The summed E-state index contributed by atoms with van der Waals surface area (Å²) in [6, 6.07) is 0. The zero-order chi connectivity index (χ0) is 24.8. The van der Waals surface area contributed by atoms with Gasteiger partial charge >= 0.3 is 6.18 Å². The third-order valence-electron chi connectivity index (χ3n) is 6.14. The average Bonchev–Trinajstić information content (AvgIpc) is 3.45. The van der Waals surface area contributed by atoms with E-state index in [1.54, 1.807) is 11.6 Å². The Morgan fingerprint density at radius 3 is 2.35 bits per heavy atom. The van der Waals surface area contributed by atoms with Crippen LogP contribution in [0.3, 0.4) is 0 Å². The van der Waals surface area contributed by atoms with Crippen LogP contribution in [0.25, 0.3) is 0 Å². The first kappa shape index (κ1) is 25.0. The molecule has 0 N–H and O–H groups in total. The SMILES string of the molecule is CCn1cc(S(=O)(=O)N2CCN(C(=O)CCn3nc(C(F)(F)F)c(Cl)c3C3CC3)CC2)c(C)n1. The Morgan fingerprint density at radius 2 is 1.82 bits per heavy atom. The summed E-state index contributed by atoms with van der Waals surface area (Å²) >= 11 is 5.98. The van der Waals surface area contributed by atoms with Crippen molar-refractivity contribution in [1.29, 1.82) is 0 Å². The van der Waals surface area contributed by atoms with Gasteiger partial charge in [-0.1, -0.05) is 11.6 Å². The highest BCUT2D eigenvalue weighted by molar-refractivity contribution is 7.89. The van der Waals surface area contributed by atoms with Gasteiger partial charge in [0.2, 0.25) is 15.9 Å². The molecule has 9 nitrogen and oxygen atoms in total. The molecule has 0 radical (unpaired) electrons. The molecule has 14 heteroatoms. The number of aromatic nitrogens is 4. The van der Waals surface area contributed by atoms with E-state index in [2.05, 4.69) is 10.2 Å². The van der Waals surface area contributed by atoms with Crippen LogP contribution >= 0.6 is 11.6 Å². The number of nitrogens with zero attached hydrogens (tertiary/aromatic N) is 6. The quantitative estimate of drug-likeness (QED) is 0.557. The normalized spacial score (nSPS) is 18.0. The predicted molar refractivity (Wildman–Crippen MR) is 117 cm³/mol. The van der Waals surface area contributed by atoms with Crippen molar-refractivity contribution < 1.29 is 26.4 Å². The first-order valence-corrected chi connectivity index (χ1v) is 12.9. The third kappa shape index (κ3) is 4.82. The van der Waals surface area contributed by atoms with Crippen molar-refractivity contribution in [2.45, 2.75) is 63.2 Å². The van der Waals surface area contributed by atoms with Gasteiger partial charge in [0.1, 0.15) is 4.90 Å². The lowest BCUT2D eigenvalue weighted by Crippen LogP contribution is -2.50. The Kier molecular flexibility index (Phi) is 6.73. The number of alkyl halides is 3. The number of sulfonamides is 1. The van der Waals surface area contributed by atoms with E-state index >= 15 is 0 Å². The van der Waals surface area contributed by atoms with Crippen molar-refractivity contribution in [3.8, 4) is 0 Å². The maximum atomic E-state index is 13.2. The molecule has 0 bridgehead atoms. The number of amides is 1. The second-order valence-electron chi connectivity index (χ2n) is 8.51. The van der Waals surface area contributed by atoms with Crippen LogP contribution in [0.4, 0.5) is 13.2 Å². The Hall–Kier alpha value is -2.12. The van der Waals surface area contributed by atoms with E-state index < -0.39 is 21.9 Å². The van der Waals surface area contributed by atoms with Gasteiger partial charge in [0.05, 0.1) is 23.0 Å². The number of aryl methyl sites for hydroxylation is 3. The molecule has 0 atom stereocenters. The molecular weight excluding hydrogens is 497 g/mol. The highest BCUT2D eigenvalue weighted by Crippen LogP contribution is 2.46. The monoisotopic (exact) mass is 522 g/mol. The molecule has 1 saturated carbocycles. The number of halogens is 4. The van der Waals surface area contributed by atoms with Gasteiger partial charge in [0.15, 0.2) is 5.69 Å². The molecule has 2 aliphatic rings. The second-order valence-corrected chi connectivity index (χ2v) is 10.8. The molecule has 2 aromatic rings. The van der Waals surface area contributed by atoms with Crippen molar-refractivity contribution in [2.24, 2.45) is 0 Å². The first-order valence-electron chi connectivity index (χ1n) is 11.1. The van der Waals surface area contributed by atoms with E-state index in [1.807, 2.05) is 6.92 Å². The van der Waals surface area contributed by atoms with Gasteiger partial charge in [0, 0.05) is 51.3 Å². The average molecular weight is 523 g/mol. The number of hydrogen-bond acceptors (Lipinski definition) is 5. The minimum Gasteiger partial charge on any atom is -0.340 e. The van der Waals surface area contributed by atoms with Crippen LogP contribution in [0.2, 0.25) is 5.02 Å². The lowest BCUT2D eigenvalue weighted by atomic mass is 10.2. The molecule has 188 valence electrons. The van der Waals surface area contributed by atoms with Crippen LogP contribution in [-0.4, -0.2) is 69.3 Å². The van der Waals surface area contributed by atoms with Crippen LogP contribution in [0.1, 0.15) is 49.2 Å². The standard InChI is InChI=1S/C20H26ClF3N6O3S/c1-3-28-12-15(13(2)25-28)34(32,33)29-10-8-27(9-11-29)16(31)6-7-30-18(14-4-5-14)17(21)19(26-30)20(22,23)24/h12,14H,3-11H2,1-2H3. The minimum atomic E-state index is -4.66. The van der Waals surface area contributed by atoms with Crippen LogP contribution in [0.15, 0.2) is 11.1 Å². The van der Waals surface area contributed by atoms with Crippen LogP contribution in [-0.2, 0) is 34.1 Å². The first-order chi connectivity index (χ1) is 15.9. The van der Waals surface area contributed by atoms with E-state index in [0.717, 1.165) is 12.8 Å². The lowest BCUT2D eigenvalue weighted by molar-refractivity contribution is -0.141. The Bertz CT molecular complexity index is 1180. The molecule has 1 aliphatic heterocycles. The molecule has 1 saturated heterocycles. The van der Waals surface area contributed by atoms with Gasteiger partial charge in [-0.15, -0.1) is 0 Å². The second kappa shape index (κ2) is 9.15. The lowest BCUT2D eigenvalue weighted by Gasteiger charge is -2.34. The molecule has 0 spiro atoms. The predicted octanol–water partition coefficient (Wildman–Crippen LogP) is 2.88. The zero-order valence-electron chi connectivity index (χ0n) is 18.8. The van der Waals surface area contributed by atoms with Crippen molar-refractivity contribution in [3.63, 3.8) is 0 Å². The fourth-order valence-electron chi connectivity index (χ4n) is 4.14. The summed E-state index contributed by atoms with van der Waals surface area (Å²) in [6.45, 7) is 4.68. The maximum Gasteiger partial charge on any atom is 0.436 e. The van der Waals surface area contributed by atoms with Crippen LogP contribution in [0.5, 0.6) is 0 Å². The number of hydrogen-bond donors (Lipinski definition) is 0. The highest BCUT2D eigenvalue weighted by Gasteiger charge is 2.42. The van der Waals surface area contributed by atoms with Gasteiger partial charge in [-0.05, 0) is 26.7 Å². The Labute approximate surface area is 200 Å². The number of rotatable bonds is 7. The summed E-state index contributed by atoms with van der Waals surface area (Å²) in [5.74, 6) is -0.338. The molecule has 3 heterocycles. The minimum absolute atomic E-state index is 0.0195. The Balaban J connectivity index is 1.38. The number of carbonyl (C=O) groups is 1. The smallest absolute Gasteiger partial charge is 0.340 e. The molecule has 1 aliphatic carbocycles. The van der Waals surface area contributed by atoms with Crippen LogP contribution in [0, 0.1) is 6.92 Å². The van der Waals surface area contributed by atoms with Crippen molar-refractivity contribution in [1.82, 2.24) is 28.8 Å². The van der Waals surface area contributed by atoms with Crippen LogP contribution < -0.4 is 0 Å². The van der Waals surface area contributed by atoms with Gasteiger partial charge < -0.3 is 4.90 Å². The zero-order valence-corrected chi connectivity index (χ0v) is 20.4. The summed E-state index contributed by atoms with van der Waals surface area (Å²) in [4.78, 5) is 14.4. The molecule has 0 unspecified atom stereocenters. The largest absolute Gasteiger partial charge is 0.436 e. The highest BCUT2D eigenvalue weighted by atomic mass is 35.5. The number of carbonyl (C=O) groups excluding carboxylic acids is 1. The fourth-order valence-corrected chi connectivity index (χ4v) is 6.13. The van der Waals surface area contributed by atoms with Gasteiger partial charge in [-0.25, -0.2) is 8.42 Å². The fraction of sp³-hybridized carbons (Fsp3) is 0.650. The maximum absolute atomic E-state index is 13.2. The molecule has 2 fully saturated rings. The van der Waals surface area contributed by atoms with E-state index in [-0.39, 0.29) is 60.9 Å². The third-order valence-corrected chi connectivity index (χ3v) is 8.51. The molecule has 2 aromatic heterocycles.